The molecular weight excluding hydrogens is 296 g/mol. The highest BCUT2D eigenvalue weighted by Crippen LogP contribution is 2.28. The highest BCUT2D eigenvalue weighted by molar-refractivity contribution is 7.15. The summed E-state index contributed by atoms with van der Waals surface area (Å²) in [5.74, 6) is 0.690. The second-order valence-electron chi connectivity index (χ2n) is 5.00. The Balaban J connectivity index is 1.72. The van der Waals surface area contributed by atoms with E-state index in [4.69, 9.17) is 4.42 Å². The van der Waals surface area contributed by atoms with Gasteiger partial charge in [-0.15, -0.1) is 11.3 Å². The van der Waals surface area contributed by atoms with E-state index in [1.807, 2.05) is 50.2 Å². The summed E-state index contributed by atoms with van der Waals surface area (Å²) in [5.41, 5.74) is 2.59. The number of carbonyl (C=O) groups is 1. The fourth-order valence-electron chi connectivity index (χ4n) is 2.18. The third-order valence-corrected chi connectivity index (χ3v) is 4.60. The second kappa shape index (κ2) is 6.15. The number of rotatable bonds is 4. The first kappa shape index (κ1) is 14.5. The van der Waals surface area contributed by atoms with Crippen molar-refractivity contribution in [1.29, 1.82) is 0 Å². The predicted molar refractivity (Wildman–Crippen MR) is 86.9 cm³/mol. The van der Waals surface area contributed by atoms with Crippen LogP contribution in [-0.4, -0.2) is 10.9 Å². The van der Waals surface area contributed by atoms with E-state index in [2.05, 4.69) is 10.3 Å². The number of amides is 1. The number of carbonyl (C=O) groups excluding carboxylic acids is 1. The van der Waals surface area contributed by atoms with E-state index in [1.54, 1.807) is 6.26 Å². The van der Waals surface area contributed by atoms with Gasteiger partial charge in [-0.05, 0) is 37.6 Å². The van der Waals surface area contributed by atoms with Crippen LogP contribution >= 0.6 is 11.3 Å². The van der Waals surface area contributed by atoms with Crippen molar-refractivity contribution in [2.45, 2.75) is 20.4 Å². The van der Waals surface area contributed by atoms with Crippen LogP contribution in [0.15, 0.2) is 47.1 Å². The van der Waals surface area contributed by atoms with E-state index in [0.29, 0.717) is 12.1 Å². The molecule has 1 aromatic carbocycles. The zero-order valence-corrected chi connectivity index (χ0v) is 13.2. The van der Waals surface area contributed by atoms with Gasteiger partial charge in [-0.1, -0.05) is 18.2 Å². The maximum Gasteiger partial charge on any atom is 0.251 e. The minimum atomic E-state index is -0.0644. The van der Waals surface area contributed by atoms with Crippen LogP contribution in [-0.2, 0) is 6.54 Å². The number of nitrogens with one attached hydrogen (secondary N) is 1. The zero-order valence-electron chi connectivity index (χ0n) is 12.4. The standard InChI is InChI=1S/C17H16N2O2S/c1-11-6-3-4-7-13(11)16(20)18-10-15-12(2)19-17(22-15)14-8-5-9-21-14/h3-9H,10H2,1-2H3,(H,18,20). The predicted octanol–water partition coefficient (Wildman–Crippen LogP) is 3.95. The van der Waals surface area contributed by atoms with Gasteiger partial charge in [0, 0.05) is 10.4 Å². The summed E-state index contributed by atoms with van der Waals surface area (Å²) in [7, 11) is 0. The number of aryl methyl sites for hydroxylation is 2. The summed E-state index contributed by atoms with van der Waals surface area (Å²) >= 11 is 1.54. The number of nitrogens with zero attached hydrogens (tertiary/aromatic N) is 1. The Labute approximate surface area is 132 Å². The van der Waals surface area contributed by atoms with E-state index in [9.17, 15) is 4.79 Å². The normalized spacial score (nSPS) is 10.6. The molecule has 4 nitrogen and oxygen atoms in total. The van der Waals surface area contributed by atoms with Gasteiger partial charge in [-0.3, -0.25) is 4.79 Å². The molecule has 2 aromatic heterocycles. The van der Waals surface area contributed by atoms with Gasteiger partial charge < -0.3 is 9.73 Å². The van der Waals surface area contributed by atoms with Crippen molar-refractivity contribution in [2.75, 3.05) is 0 Å². The smallest absolute Gasteiger partial charge is 0.251 e. The van der Waals surface area contributed by atoms with Crippen molar-refractivity contribution < 1.29 is 9.21 Å². The van der Waals surface area contributed by atoms with Crippen molar-refractivity contribution in [3.8, 4) is 10.8 Å². The molecule has 0 radical (unpaired) electrons. The molecular formula is C17H16N2O2S. The number of aromatic nitrogens is 1. The van der Waals surface area contributed by atoms with Crippen LogP contribution in [0.2, 0.25) is 0 Å². The molecule has 0 aliphatic heterocycles. The highest BCUT2D eigenvalue weighted by atomic mass is 32.1. The molecule has 22 heavy (non-hydrogen) atoms. The van der Waals surface area contributed by atoms with Crippen LogP contribution in [0.1, 0.15) is 26.5 Å². The van der Waals surface area contributed by atoms with Crippen LogP contribution in [0.25, 0.3) is 10.8 Å². The molecule has 3 aromatic rings. The number of hydrogen-bond donors (Lipinski definition) is 1. The molecule has 112 valence electrons. The quantitative estimate of drug-likeness (QED) is 0.793. The number of benzene rings is 1. The van der Waals surface area contributed by atoms with Crippen LogP contribution in [0.4, 0.5) is 0 Å². The average molecular weight is 312 g/mol. The largest absolute Gasteiger partial charge is 0.462 e. The first-order valence-corrected chi connectivity index (χ1v) is 7.81. The molecule has 0 saturated heterocycles. The summed E-state index contributed by atoms with van der Waals surface area (Å²) in [4.78, 5) is 17.8. The van der Waals surface area contributed by atoms with Crippen LogP contribution in [0.5, 0.6) is 0 Å². The lowest BCUT2D eigenvalue weighted by atomic mass is 10.1. The maximum absolute atomic E-state index is 12.2. The van der Waals surface area contributed by atoms with Gasteiger partial charge in [-0.2, -0.15) is 0 Å². The SMILES string of the molecule is Cc1ccccc1C(=O)NCc1sc(-c2ccco2)nc1C. The van der Waals surface area contributed by atoms with Crippen LogP contribution in [0, 0.1) is 13.8 Å². The van der Waals surface area contributed by atoms with Crippen molar-refractivity contribution in [3.05, 3.63) is 64.4 Å². The van der Waals surface area contributed by atoms with E-state index < -0.39 is 0 Å². The molecule has 0 aliphatic carbocycles. The van der Waals surface area contributed by atoms with Crippen molar-refractivity contribution in [2.24, 2.45) is 0 Å². The first-order chi connectivity index (χ1) is 10.6. The molecule has 0 bridgehead atoms. The minimum absolute atomic E-state index is 0.0644. The average Bonchev–Trinajstić information content (AvgIpc) is 3.15. The first-order valence-electron chi connectivity index (χ1n) is 6.99. The highest BCUT2D eigenvalue weighted by Gasteiger charge is 2.13. The van der Waals surface area contributed by atoms with Gasteiger partial charge in [0.05, 0.1) is 18.5 Å². The van der Waals surface area contributed by atoms with E-state index in [-0.39, 0.29) is 5.91 Å². The van der Waals surface area contributed by atoms with Gasteiger partial charge in [0.15, 0.2) is 10.8 Å². The molecule has 1 amide bonds. The second-order valence-corrected chi connectivity index (χ2v) is 6.09. The minimum Gasteiger partial charge on any atom is -0.462 e. The van der Waals surface area contributed by atoms with Crippen molar-refractivity contribution in [1.82, 2.24) is 10.3 Å². The summed E-state index contributed by atoms with van der Waals surface area (Å²) in [5, 5.41) is 3.79. The van der Waals surface area contributed by atoms with E-state index in [1.165, 1.54) is 11.3 Å². The van der Waals surface area contributed by atoms with E-state index in [0.717, 1.165) is 26.9 Å². The Morgan fingerprint density at radius 1 is 1.23 bits per heavy atom. The topological polar surface area (TPSA) is 55.1 Å². The lowest BCUT2D eigenvalue weighted by Crippen LogP contribution is -2.23. The molecule has 0 unspecified atom stereocenters. The number of furan rings is 1. The Kier molecular flexibility index (Phi) is 4.06. The Hall–Kier alpha value is -2.40. The molecule has 5 heteroatoms. The van der Waals surface area contributed by atoms with E-state index >= 15 is 0 Å². The molecule has 2 heterocycles. The molecule has 0 saturated carbocycles. The summed E-state index contributed by atoms with van der Waals surface area (Å²) in [6.45, 7) is 4.34. The van der Waals surface area contributed by atoms with Gasteiger partial charge >= 0.3 is 0 Å². The number of thiazole rings is 1. The molecule has 0 aliphatic rings. The Bertz CT molecular complexity index is 791. The summed E-state index contributed by atoms with van der Waals surface area (Å²) < 4.78 is 5.36. The Morgan fingerprint density at radius 3 is 2.77 bits per heavy atom. The lowest BCUT2D eigenvalue weighted by Gasteiger charge is -2.06. The lowest BCUT2D eigenvalue weighted by molar-refractivity contribution is 0.0950. The molecule has 1 N–H and O–H groups in total. The molecule has 3 rings (SSSR count). The van der Waals surface area contributed by atoms with Crippen LogP contribution in [0.3, 0.4) is 0 Å². The third-order valence-electron chi connectivity index (χ3n) is 3.42. The van der Waals surface area contributed by atoms with Gasteiger partial charge in [0.25, 0.3) is 5.91 Å². The third kappa shape index (κ3) is 2.94. The fourth-order valence-corrected chi connectivity index (χ4v) is 3.15. The monoisotopic (exact) mass is 312 g/mol. The summed E-state index contributed by atoms with van der Waals surface area (Å²) in [6.07, 6.45) is 1.63. The number of hydrogen-bond acceptors (Lipinski definition) is 4. The van der Waals surface area contributed by atoms with Crippen molar-refractivity contribution >= 4 is 17.2 Å². The molecule has 0 atom stereocenters. The summed E-state index contributed by atoms with van der Waals surface area (Å²) in [6, 6.07) is 11.3. The molecule has 0 spiro atoms. The van der Waals surface area contributed by atoms with Gasteiger partial charge in [0.1, 0.15) is 0 Å². The van der Waals surface area contributed by atoms with Gasteiger partial charge in [0.2, 0.25) is 0 Å². The van der Waals surface area contributed by atoms with Crippen molar-refractivity contribution in [3.63, 3.8) is 0 Å². The Morgan fingerprint density at radius 2 is 2.05 bits per heavy atom. The van der Waals surface area contributed by atoms with Crippen LogP contribution < -0.4 is 5.32 Å². The van der Waals surface area contributed by atoms with Gasteiger partial charge in [-0.25, -0.2) is 4.98 Å². The maximum atomic E-state index is 12.2. The zero-order chi connectivity index (χ0) is 15.5. The fraction of sp³-hybridized carbons (Fsp3) is 0.176. The molecule has 0 fully saturated rings.